The number of carbonyl (C=O) groups is 1. The van der Waals surface area contributed by atoms with Crippen LogP contribution >= 0.6 is 11.6 Å². The summed E-state index contributed by atoms with van der Waals surface area (Å²) < 4.78 is 1.81. The molecule has 0 saturated carbocycles. The van der Waals surface area contributed by atoms with Gasteiger partial charge < -0.3 is 19.9 Å². The van der Waals surface area contributed by atoms with E-state index in [1.807, 2.05) is 29.9 Å². The number of hydrogen-bond acceptors (Lipinski definition) is 3. The lowest BCUT2D eigenvalue weighted by Crippen LogP contribution is -2.44. The van der Waals surface area contributed by atoms with Gasteiger partial charge in [-0.3, -0.25) is 0 Å². The zero-order valence-electron chi connectivity index (χ0n) is 13.5. The van der Waals surface area contributed by atoms with Crippen LogP contribution in [0.15, 0.2) is 36.7 Å². The van der Waals surface area contributed by atoms with Crippen LogP contribution in [0.2, 0.25) is 5.02 Å². The molecule has 0 bridgehead atoms. The number of aryl methyl sites for hydroxylation is 1. The molecule has 1 aliphatic rings. The van der Waals surface area contributed by atoms with E-state index in [9.17, 15) is 9.90 Å². The molecule has 0 aliphatic carbocycles. The smallest absolute Gasteiger partial charge is 0.321 e. The first-order chi connectivity index (χ1) is 11.6. The van der Waals surface area contributed by atoms with Crippen molar-refractivity contribution in [3.8, 4) is 0 Å². The minimum absolute atomic E-state index is 0.0307. The monoisotopic (exact) mass is 348 g/mol. The van der Waals surface area contributed by atoms with Crippen molar-refractivity contribution in [3.63, 3.8) is 0 Å². The molecule has 128 valence electrons. The Balaban J connectivity index is 1.66. The summed E-state index contributed by atoms with van der Waals surface area (Å²) >= 11 is 6.09. The van der Waals surface area contributed by atoms with Crippen LogP contribution in [0.25, 0.3) is 0 Å². The van der Waals surface area contributed by atoms with E-state index in [1.54, 1.807) is 23.2 Å². The highest BCUT2D eigenvalue weighted by atomic mass is 35.5. The SMILES string of the molecule is Cn1ccnc1[C@H](O)[C@@H]1CCCN(C(=O)Nc2ccccc2Cl)C1. The van der Waals surface area contributed by atoms with E-state index in [-0.39, 0.29) is 11.9 Å². The number of amides is 2. The van der Waals surface area contributed by atoms with Crippen LogP contribution in [-0.2, 0) is 7.05 Å². The van der Waals surface area contributed by atoms with Crippen molar-refractivity contribution in [1.29, 1.82) is 0 Å². The predicted octanol–water partition coefficient (Wildman–Crippen LogP) is 3.05. The molecule has 7 heteroatoms. The maximum Gasteiger partial charge on any atom is 0.321 e. The normalized spacial score (nSPS) is 19.1. The van der Waals surface area contributed by atoms with E-state index < -0.39 is 6.10 Å². The number of likely N-dealkylation sites (tertiary alicyclic amines) is 1. The fourth-order valence-corrected chi connectivity index (χ4v) is 3.26. The van der Waals surface area contributed by atoms with Gasteiger partial charge in [-0.1, -0.05) is 23.7 Å². The second kappa shape index (κ2) is 7.23. The van der Waals surface area contributed by atoms with Gasteiger partial charge in [0.05, 0.1) is 10.7 Å². The third-order valence-electron chi connectivity index (χ3n) is 4.43. The summed E-state index contributed by atoms with van der Waals surface area (Å²) in [6.45, 7) is 1.16. The molecule has 2 amide bonds. The minimum atomic E-state index is -0.680. The van der Waals surface area contributed by atoms with Crippen LogP contribution in [0.5, 0.6) is 0 Å². The average Bonchev–Trinajstić information content (AvgIpc) is 3.02. The van der Waals surface area contributed by atoms with Gasteiger partial charge >= 0.3 is 6.03 Å². The molecule has 1 aromatic heterocycles. The van der Waals surface area contributed by atoms with Crippen LogP contribution in [0.4, 0.5) is 10.5 Å². The summed E-state index contributed by atoms with van der Waals surface area (Å²) in [4.78, 5) is 18.4. The molecule has 2 atom stereocenters. The van der Waals surface area contributed by atoms with Gasteiger partial charge in [0.1, 0.15) is 11.9 Å². The third kappa shape index (κ3) is 3.55. The zero-order valence-corrected chi connectivity index (χ0v) is 14.3. The van der Waals surface area contributed by atoms with Gasteiger partial charge in [0.2, 0.25) is 0 Å². The number of nitrogens with one attached hydrogen (secondary N) is 1. The Hall–Kier alpha value is -2.05. The number of rotatable bonds is 3. The maximum atomic E-state index is 12.5. The lowest BCUT2D eigenvalue weighted by molar-refractivity contribution is 0.0552. The molecule has 2 heterocycles. The molecule has 0 spiro atoms. The molecule has 2 N–H and O–H groups in total. The number of aliphatic hydroxyl groups excluding tert-OH is 1. The van der Waals surface area contributed by atoms with E-state index in [0.717, 1.165) is 12.8 Å². The molecule has 1 aromatic carbocycles. The Kier molecular flexibility index (Phi) is 5.06. The molecular weight excluding hydrogens is 328 g/mol. The second-order valence-corrected chi connectivity index (χ2v) is 6.51. The lowest BCUT2D eigenvalue weighted by Gasteiger charge is -2.34. The number of anilines is 1. The highest BCUT2D eigenvalue weighted by molar-refractivity contribution is 6.33. The first-order valence-electron chi connectivity index (χ1n) is 8.02. The number of piperidine rings is 1. The number of aromatic nitrogens is 2. The highest BCUT2D eigenvalue weighted by Crippen LogP contribution is 2.29. The quantitative estimate of drug-likeness (QED) is 0.895. The van der Waals surface area contributed by atoms with E-state index in [0.29, 0.717) is 29.6 Å². The van der Waals surface area contributed by atoms with Crippen molar-refractivity contribution in [1.82, 2.24) is 14.5 Å². The molecule has 1 aliphatic heterocycles. The van der Waals surface area contributed by atoms with Crippen LogP contribution in [0, 0.1) is 5.92 Å². The number of urea groups is 1. The predicted molar refractivity (Wildman–Crippen MR) is 92.9 cm³/mol. The molecule has 24 heavy (non-hydrogen) atoms. The van der Waals surface area contributed by atoms with Crippen LogP contribution < -0.4 is 5.32 Å². The molecule has 6 nitrogen and oxygen atoms in total. The Morgan fingerprint density at radius 3 is 2.96 bits per heavy atom. The lowest BCUT2D eigenvalue weighted by atomic mass is 9.92. The Labute approximate surface area is 146 Å². The summed E-state index contributed by atoms with van der Waals surface area (Å²) in [5.41, 5.74) is 0.593. The molecule has 2 aromatic rings. The number of benzene rings is 1. The molecular formula is C17H21ClN4O2. The zero-order chi connectivity index (χ0) is 17.1. The topological polar surface area (TPSA) is 70.4 Å². The number of carbonyl (C=O) groups excluding carboxylic acids is 1. The van der Waals surface area contributed by atoms with Gasteiger partial charge in [-0.25, -0.2) is 9.78 Å². The van der Waals surface area contributed by atoms with Crippen LogP contribution in [0.1, 0.15) is 24.8 Å². The van der Waals surface area contributed by atoms with Gasteiger partial charge in [-0.15, -0.1) is 0 Å². The van der Waals surface area contributed by atoms with E-state index in [1.165, 1.54) is 0 Å². The first kappa shape index (κ1) is 16.8. The second-order valence-electron chi connectivity index (χ2n) is 6.10. The molecule has 1 saturated heterocycles. The van der Waals surface area contributed by atoms with Crippen molar-refractivity contribution in [2.75, 3.05) is 18.4 Å². The Morgan fingerprint density at radius 1 is 1.46 bits per heavy atom. The number of hydrogen-bond donors (Lipinski definition) is 2. The molecule has 0 unspecified atom stereocenters. The van der Waals surface area contributed by atoms with Crippen molar-refractivity contribution in [2.24, 2.45) is 13.0 Å². The van der Waals surface area contributed by atoms with Crippen LogP contribution in [-0.4, -0.2) is 38.7 Å². The van der Waals surface area contributed by atoms with Gasteiger partial charge in [0.15, 0.2) is 0 Å². The van der Waals surface area contributed by atoms with E-state index in [2.05, 4.69) is 10.3 Å². The number of halogens is 1. The summed E-state index contributed by atoms with van der Waals surface area (Å²) in [6.07, 6.45) is 4.51. The summed E-state index contributed by atoms with van der Waals surface area (Å²) in [7, 11) is 1.86. The Morgan fingerprint density at radius 2 is 2.25 bits per heavy atom. The number of aliphatic hydroxyl groups is 1. The molecule has 0 radical (unpaired) electrons. The third-order valence-corrected chi connectivity index (χ3v) is 4.76. The fourth-order valence-electron chi connectivity index (χ4n) is 3.08. The van der Waals surface area contributed by atoms with Crippen LogP contribution in [0.3, 0.4) is 0 Å². The molecule has 1 fully saturated rings. The number of nitrogens with zero attached hydrogens (tertiary/aromatic N) is 3. The Bertz CT molecular complexity index is 718. The first-order valence-corrected chi connectivity index (χ1v) is 8.40. The van der Waals surface area contributed by atoms with Crippen molar-refractivity contribution in [2.45, 2.75) is 18.9 Å². The average molecular weight is 349 g/mol. The van der Waals surface area contributed by atoms with Crippen molar-refractivity contribution < 1.29 is 9.90 Å². The van der Waals surface area contributed by atoms with Gasteiger partial charge in [-0.2, -0.15) is 0 Å². The van der Waals surface area contributed by atoms with Crippen molar-refractivity contribution >= 4 is 23.3 Å². The fraction of sp³-hybridized carbons (Fsp3) is 0.412. The number of imidazole rings is 1. The van der Waals surface area contributed by atoms with Gasteiger partial charge in [0, 0.05) is 38.4 Å². The summed E-state index contributed by atoms with van der Waals surface area (Å²) in [6, 6.07) is 6.95. The van der Waals surface area contributed by atoms with E-state index >= 15 is 0 Å². The largest absolute Gasteiger partial charge is 0.385 e. The molecule has 3 rings (SSSR count). The summed E-state index contributed by atoms with van der Waals surface area (Å²) in [5, 5.41) is 13.9. The summed E-state index contributed by atoms with van der Waals surface area (Å²) in [5.74, 6) is 0.602. The standard InChI is InChI=1S/C17H21ClN4O2/c1-21-10-8-19-16(21)15(23)12-5-4-9-22(11-12)17(24)20-14-7-3-2-6-13(14)18/h2-3,6-8,10,12,15,23H,4-5,9,11H2,1H3,(H,20,24)/t12-,15-/m1/s1. The van der Waals surface area contributed by atoms with Gasteiger partial charge in [0.25, 0.3) is 0 Å². The highest BCUT2D eigenvalue weighted by Gasteiger charge is 2.31. The number of para-hydroxylation sites is 1. The van der Waals surface area contributed by atoms with Gasteiger partial charge in [-0.05, 0) is 25.0 Å². The van der Waals surface area contributed by atoms with Crippen molar-refractivity contribution in [3.05, 3.63) is 47.5 Å². The van der Waals surface area contributed by atoms with E-state index in [4.69, 9.17) is 11.6 Å². The minimum Gasteiger partial charge on any atom is -0.385 e. The maximum absolute atomic E-state index is 12.5.